The van der Waals surface area contributed by atoms with Crippen molar-refractivity contribution in [2.45, 2.75) is 19.4 Å². The minimum absolute atomic E-state index is 0.184. The van der Waals surface area contributed by atoms with Crippen molar-refractivity contribution in [3.05, 3.63) is 32.4 Å². The third kappa shape index (κ3) is 3.39. The number of amides is 1. The van der Waals surface area contributed by atoms with Crippen LogP contribution in [-0.2, 0) is 0 Å². The van der Waals surface area contributed by atoms with Crippen LogP contribution < -0.4 is 5.32 Å². The maximum atomic E-state index is 11.9. The summed E-state index contributed by atoms with van der Waals surface area (Å²) in [4.78, 5) is 11.9. The van der Waals surface area contributed by atoms with E-state index in [0.717, 1.165) is 3.57 Å². The number of benzene rings is 1. The van der Waals surface area contributed by atoms with Crippen LogP contribution in [0.3, 0.4) is 0 Å². The lowest BCUT2D eigenvalue weighted by molar-refractivity contribution is 0.0944. The van der Waals surface area contributed by atoms with Crippen molar-refractivity contribution in [3.63, 3.8) is 0 Å². The molecule has 84 valence electrons. The molecule has 0 aliphatic rings. The van der Waals surface area contributed by atoms with Gasteiger partial charge in [-0.25, -0.2) is 0 Å². The molecule has 1 rings (SSSR count). The van der Waals surface area contributed by atoms with Crippen LogP contribution in [-0.4, -0.2) is 11.9 Å². The van der Waals surface area contributed by atoms with Crippen LogP contribution >= 0.6 is 34.2 Å². The summed E-state index contributed by atoms with van der Waals surface area (Å²) in [6.45, 7) is 1.92. The highest BCUT2D eigenvalue weighted by Gasteiger charge is 2.13. The number of halogens is 2. The van der Waals surface area contributed by atoms with Gasteiger partial charge in [-0.1, -0.05) is 24.4 Å². The average molecular weight is 348 g/mol. The monoisotopic (exact) mass is 347 g/mol. The second kappa shape index (κ2) is 6.12. The Kier molecular flexibility index (Phi) is 5.10. The van der Waals surface area contributed by atoms with Crippen molar-refractivity contribution < 1.29 is 4.79 Å². The minimum Gasteiger partial charge on any atom is -0.338 e. The Morgan fingerprint density at radius 2 is 2.38 bits per heavy atom. The van der Waals surface area contributed by atoms with Gasteiger partial charge in [-0.15, -0.1) is 6.42 Å². The van der Waals surface area contributed by atoms with Crippen LogP contribution in [0.25, 0.3) is 0 Å². The maximum Gasteiger partial charge on any atom is 0.253 e. The Morgan fingerprint density at radius 1 is 1.69 bits per heavy atom. The summed E-state index contributed by atoms with van der Waals surface area (Å²) >= 11 is 7.93. The topological polar surface area (TPSA) is 29.1 Å². The van der Waals surface area contributed by atoms with E-state index >= 15 is 0 Å². The van der Waals surface area contributed by atoms with Crippen molar-refractivity contribution in [1.29, 1.82) is 0 Å². The molecule has 4 heteroatoms. The molecule has 1 amide bonds. The Hall–Kier alpha value is -0.730. The molecule has 1 N–H and O–H groups in total. The Morgan fingerprint density at radius 3 is 2.94 bits per heavy atom. The van der Waals surface area contributed by atoms with E-state index in [1.807, 2.05) is 6.92 Å². The lowest BCUT2D eigenvalue weighted by Crippen LogP contribution is -2.33. The van der Waals surface area contributed by atoms with Gasteiger partial charge in [0.2, 0.25) is 0 Å². The zero-order valence-corrected chi connectivity index (χ0v) is 11.7. The SMILES string of the molecule is C#CC(CC)NC(=O)c1cc(Cl)ccc1I. The summed E-state index contributed by atoms with van der Waals surface area (Å²) in [7, 11) is 0. The second-order valence-corrected chi connectivity index (χ2v) is 4.82. The van der Waals surface area contributed by atoms with E-state index in [9.17, 15) is 4.79 Å². The first-order chi connectivity index (χ1) is 7.58. The molecule has 0 aliphatic heterocycles. The molecule has 1 atom stereocenters. The van der Waals surface area contributed by atoms with Gasteiger partial charge in [-0.2, -0.15) is 0 Å². The van der Waals surface area contributed by atoms with Crippen molar-refractivity contribution in [2.75, 3.05) is 0 Å². The Labute approximate surface area is 114 Å². The van der Waals surface area contributed by atoms with Crippen LogP contribution in [0.5, 0.6) is 0 Å². The average Bonchev–Trinajstić information content (AvgIpc) is 2.28. The molecule has 0 heterocycles. The van der Waals surface area contributed by atoms with E-state index in [1.54, 1.807) is 18.2 Å². The third-order valence-electron chi connectivity index (χ3n) is 2.09. The fourth-order valence-electron chi connectivity index (χ4n) is 1.17. The fourth-order valence-corrected chi connectivity index (χ4v) is 1.92. The molecule has 1 aromatic rings. The minimum atomic E-state index is -0.234. The number of terminal acetylenes is 1. The van der Waals surface area contributed by atoms with Gasteiger partial charge < -0.3 is 5.32 Å². The number of rotatable bonds is 3. The molecule has 0 radical (unpaired) electrons. The summed E-state index contributed by atoms with van der Waals surface area (Å²) in [5.41, 5.74) is 0.557. The first kappa shape index (κ1) is 13.3. The van der Waals surface area contributed by atoms with Crippen LogP contribution in [0.2, 0.25) is 5.02 Å². The molecule has 0 aliphatic carbocycles. The number of carbonyl (C=O) groups is 1. The molecule has 16 heavy (non-hydrogen) atoms. The number of carbonyl (C=O) groups excluding carboxylic acids is 1. The van der Waals surface area contributed by atoms with Gasteiger partial charge in [-0.3, -0.25) is 4.79 Å². The normalized spacial score (nSPS) is 11.6. The Bertz CT molecular complexity index is 439. The zero-order chi connectivity index (χ0) is 12.1. The highest BCUT2D eigenvalue weighted by atomic mass is 127. The molecule has 2 nitrogen and oxygen atoms in total. The van der Waals surface area contributed by atoms with Crippen molar-refractivity contribution >= 4 is 40.1 Å². The zero-order valence-electron chi connectivity index (χ0n) is 8.76. The van der Waals surface area contributed by atoms with Gasteiger partial charge in [-0.05, 0) is 47.2 Å². The smallest absolute Gasteiger partial charge is 0.253 e. The molecule has 0 saturated carbocycles. The van der Waals surface area contributed by atoms with Gasteiger partial charge >= 0.3 is 0 Å². The quantitative estimate of drug-likeness (QED) is 0.661. The van der Waals surface area contributed by atoms with E-state index in [2.05, 4.69) is 33.8 Å². The number of hydrogen-bond acceptors (Lipinski definition) is 1. The summed E-state index contributed by atoms with van der Waals surface area (Å²) in [5.74, 6) is 2.34. The van der Waals surface area contributed by atoms with Gasteiger partial charge in [0.15, 0.2) is 0 Å². The molecule has 0 saturated heterocycles. The van der Waals surface area contributed by atoms with Crippen molar-refractivity contribution in [3.8, 4) is 12.3 Å². The molecule has 1 aromatic carbocycles. The van der Waals surface area contributed by atoms with Crippen LogP contribution in [0.1, 0.15) is 23.7 Å². The highest BCUT2D eigenvalue weighted by Crippen LogP contribution is 2.18. The lowest BCUT2D eigenvalue weighted by Gasteiger charge is -2.11. The van der Waals surface area contributed by atoms with E-state index in [1.165, 1.54) is 0 Å². The van der Waals surface area contributed by atoms with E-state index in [4.69, 9.17) is 18.0 Å². The van der Waals surface area contributed by atoms with Crippen LogP contribution in [0.15, 0.2) is 18.2 Å². The van der Waals surface area contributed by atoms with Gasteiger partial charge in [0.1, 0.15) is 0 Å². The highest BCUT2D eigenvalue weighted by molar-refractivity contribution is 14.1. The molecular weight excluding hydrogens is 336 g/mol. The number of nitrogens with one attached hydrogen (secondary N) is 1. The predicted molar refractivity (Wildman–Crippen MR) is 74.5 cm³/mol. The fraction of sp³-hybridized carbons (Fsp3) is 0.250. The first-order valence-corrected chi connectivity index (χ1v) is 6.26. The lowest BCUT2D eigenvalue weighted by atomic mass is 10.2. The molecule has 1 unspecified atom stereocenters. The van der Waals surface area contributed by atoms with E-state index < -0.39 is 0 Å². The van der Waals surface area contributed by atoms with Gasteiger partial charge in [0.25, 0.3) is 5.91 Å². The third-order valence-corrected chi connectivity index (χ3v) is 3.26. The van der Waals surface area contributed by atoms with E-state index in [-0.39, 0.29) is 11.9 Å². The Balaban J connectivity index is 2.89. The first-order valence-electron chi connectivity index (χ1n) is 4.80. The second-order valence-electron chi connectivity index (χ2n) is 3.23. The van der Waals surface area contributed by atoms with Crippen LogP contribution in [0.4, 0.5) is 0 Å². The van der Waals surface area contributed by atoms with Crippen molar-refractivity contribution in [1.82, 2.24) is 5.32 Å². The molecular formula is C12H11ClINO. The standard InChI is InChI=1S/C12H11ClINO/c1-3-9(4-2)15-12(16)10-7-8(13)5-6-11(10)14/h1,5-7,9H,4H2,2H3,(H,15,16). The predicted octanol–water partition coefficient (Wildman–Crippen LogP) is 3.09. The summed E-state index contributed by atoms with van der Waals surface area (Å²) < 4.78 is 0.853. The molecule has 0 aromatic heterocycles. The molecule has 0 bridgehead atoms. The van der Waals surface area contributed by atoms with Gasteiger partial charge in [0.05, 0.1) is 11.6 Å². The molecule has 0 fully saturated rings. The summed E-state index contributed by atoms with van der Waals surface area (Å²) in [6, 6.07) is 4.96. The largest absolute Gasteiger partial charge is 0.338 e. The molecule has 0 spiro atoms. The summed E-state index contributed by atoms with van der Waals surface area (Å²) in [5, 5.41) is 3.30. The van der Waals surface area contributed by atoms with Crippen LogP contribution in [0, 0.1) is 15.9 Å². The summed E-state index contributed by atoms with van der Waals surface area (Å²) in [6.07, 6.45) is 5.99. The van der Waals surface area contributed by atoms with Crippen molar-refractivity contribution in [2.24, 2.45) is 0 Å². The maximum absolute atomic E-state index is 11.9. The number of hydrogen-bond donors (Lipinski definition) is 1. The van der Waals surface area contributed by atoms with E-state index in [0.29, 0.717) is 17.0 Å². The van der Waals surface area contributed by atoms with Gasteiger partial charge in [0, 0.05) is 8.59 Å².